The van der Waals surface area contributed by atoms with Gasteiger partial charge in [-0.2, -0.15) is 0 Å². The molecule has 1 rings (SSSR count). The molecule has 1 aromatic rings. The fraction of sp³-hybridized carbons (Fsp3) is 0.182. The monoisotopic (exact) mass is 240 g/mol. The Hall–Kier alpha value is -1.52. The Kier molecular flexibility index (Phi) is 5.39. The minimum absolute atomic E-state index is 0.109. The van der Waals surface area contributed by atoms with E-state index in [-0.39, 0.29) is 12.5 Å². The molecular formula is C11H13ClN2O2. The van der Waals surface area contributed by atoms with Gasteiger partial charge in [-0.25, -0.2) is 5.84 Å². The number of carbonyl (C=O) groups is 1. The van der Waals surface area contributed by atoms with Gasteiger partial charge in [-0.05, 0) is 6.07 Å². The predicted molar refractivity (Wildman–Crippen MR) is 64.0 cm³/mol. The van der Waals surface area contributed by atoms with Crippen molar-refractivity contribution < 1.29 is 9.53 Å². The first-order valence-corrected chi connectivity index (χ1v) is 5.25. The number of para-hydroxylation sites is 1. The fourth-order valence-electron chi connectivity index (χ4n) is 1.11. The molecule has 0 spiro atoms. The van der Waals surface area contributed by atoms with Crippen LogP contribution in [0.5, 0.6) is 5.75 Å². The molecule has 4 nitrogen and oxygen atoms in total. The number of halogens is 1. The van der Waals surface area contributed by atoms with Crippen LogP contribution >= 0.6 is 11.6 Å². The molecule has 0 heterocycles. The van der Waals surface area contributed by atoms with Gasteiger partial charge in [-0.15, -0.1) is 11.6 Å². The van der Waals surface area contributed by atoms with E-state index in [1.807, 2.05) is 29.7 Å². The summed E-state index contributed by atoms with van der Waals surface area (Å²) in [6, 6.07) is 7.36. The lowest BCUT2D eigenvalue weighted by molar-refractivity contribution is -0.123. The summed E-state index contributed by atoms with van der Waals surface area (Å²) in [6.07, 6.45) is 3.63. The zero-order valence-electron chi connectivity index (χ0n) is 8.65. The Morgan fingerprint density at radius 3 is 2.94 bits per heavy atom. The van der Waals surface area contributed by atoms with E-state index in [4.69, 9.17) is 22.2 Å². The molecule has 0 fully saturated rings. The van der Waals surface area contributed by atoms with Gasteiger partial charge in [0.25, 0.3) is 5.91 Å². The Morgan fingerprint density at radius 1 is 1.50 bits per heavy atom. The smallest absolute Gasteiger partial charge is 0.271 e. The van der Waals surface area contributed by atoms with Crippen molar-refractivity contribution in [3.63, 3.8) is 0 Å². The minimum atomic E-state index is -0.379. The molecule has 3 N–H and O–H groups in total. The zero-order chi connectivity index (χ0) is 11.8. The molecule has 0 bridgehead atoms. The minimum Gasteiger partial charge on any atom is -0.483 e. The number of benzene rings is 1. The van der Waals surface area contributed by atoms with Crippen molar-refractivity contribution in [1.29, 1.82) is 0 Å². The van der Waals surface area contributed by atoms with Crippen molar-refractivity contribution >= 4 is 23.6 Å². The van der Waals surface area contributed by atoms with E-state index in [0.717, 1.165) is 5.56 Å². The van der Waals surface area contributed by atoms with Gasteiger partial charge in [-0.1, -0.05) is 30.4 Å². The van der Waals surface area contributed by atoms with Crippen molar-refractivity contribution in [2.75, 3.05) is 12.5 Å². The number of carbonyl (C=O) groups excluding carboxylic acids is 1. The fourth-order valence-corrected chi connectivity index (χ4v) is 1.20. The van der Waals surface area contributed by atoms with Gasteiger partial charge in [-0.3, -0.25) is 10.2 Å². The molecule has 0 aliphatic carbocycles. The molecule has 1 amide bonds. The normalized spacial score (nSPS) is 10.4. The Morgan fingerprint density at radius 2 is 2.25 bits per heavy atom. The molecule has 0 aliphatic heterocycles. The van der Waals surface area contributed by atoms with Crippen LogP contribution in [0.1, 0.15) is 5.56 Å². The van der Waals surface area contributed by atoms with Crippen LogP contribution in [0.3, 0.4) is 0 Å². The third-order valence-electron chi connectivity index (χ3n) is 1.83. The molecule has 0 atom stereocenters. The number of nitrogens with one attached hydrogen (secondary N) is 1. The highest BCUT2D eigenvalue weighted by Crippen LogP contribution is 2.19. The molecule has 0 saturated carbocycles. The first kappa shape index (κ1) is 12.5. The molecule has 1 aromatic carbocycles. The molecule has 0 aliphatic rings. The highest BCUT2D eigenvalue weighted by molar-refractivity contribution is 6.19. The first-order valence-electron chi connectivity index (χ1n) is 4.71. The van der Waals surface area contributed by atoms with Crippen LogP contribution in [-0.4, -0.2) is 18.4 Å². The molecule has 0 saturated heterocycles. The third-order valence-corrected chi connectivity index (χ3v) is 2.00. The highest BCUT2D eigenvalue weighted by atomic mass is 35.5. The van der Waals surface area contributed by atoms with Crippen molar-refractivity contribution in [3.8, 4) is 5.75 Å². The summed E-state index contributed by atoms with van der Waals surface area (Å²) < 4.78 is 5.30. The lowest BCUT2D eigenvalue weighted by Gasteiger charge is -2.07. The van der Waals surface area contributed by atoms with Gasteiger partial charge in [0.2, 0.25) is 0 Å². The molecule has 86 valence electrons. The van der Waals surface area contributed by atoms with E-state index in [1.54, 1.807) is 12.1 Å². The number of hydrazine groups is 1. The second-order valence-electron chi connectivity index (χ2n) is 2.95. The number of ether oxygens (including phenoxy) is 1. The van der Waals surface area contributed by atoms with E-state index in [2.05, 4.69) is 0 Å². The van der Waals surface area contributed by atoms with Crippen molar-refractivity contribution in [2.45, 2.75) is 0 Å². The number of amides is 1. The van der Waals surface area contributed by atoms with Crippen molar-refractivity contribution in [1.82, 2.24) is 5.43 Å². The number of nitrogens with two attached hydrogens (primary N) is 1. The van der Waals surface area contributed by atoms with Crippen LogP contribution < -0.4 is 16.0 Å². The first-order chi connectivity index (χ1) is 7.77. The molecule has 5 heteroatoms. The van der Waals surface area contributed by atoms with Crippen molar-refractivity contribution in [2.24, 2.45) is 5.84 Å². The average molecular weight is 241 g/mol. The molecule has 0 unspecified atom stereocenters. The maximum absolute atomic E-state index is 10.9. The average Bonchev–Trinajstić information content (AvgIpc) is 2.34. The van der Waals surface area contributed by atoms with Gasteiger partial charge in [0.05, 0.1) is 0 Å². The molecule has 0 radical (unpaired) electrons. The number of rotatable bonds is 5. The van der Waals surface area contributed by atoms with Gasteiger partial charge >= 0.3 is 0 Å². The van der Waals surface area contributed by atoms with Gasteiger partial charge in [0.15, 0.2) is 6.61 Å². The van der Waals surface area contributed by atoms with Crippen LogP contribution in [0.25, 0.3) is 6.08 Å². The topological polar surface area (TPSA) is 64.3 Å². The van der Waals surface area contributed by atoms with Gasteiger partial charge < -0.3 is 4.74 Å². The maximum Gasteiger partial charge on any atom is 0.271 e. The predicted octanol–water partition coefficient (Wildman–Crippen LogP) is 1.31. The van der Waals surface area contributed by atoms with Gasteiger partial charge in [0.1, 0.15) is 5.75 Å². The summed E-state index contributed by atoms with van der Waals surface area (Å²) >= 11 is 5.55. The summed E-state index contributed by atoms with van der Waals surface area (Å²) in [5.41, 5.74) is 2.86. The number of alkyl halides is 1. The summed E-state index contributed by atoms with van der Waals surface area (Å²) in [5.74, 6) is 5.61. The molecule has 0 aromatic heterocycles. The SMILES string of the molecule is NNC(=O)COc1ccccc1C=CCCl. The number of hydrogen-bond acceptors (Lipinski definition) is 3. The van der Waals surface area contributed by atoms with Crippen LogP contribution in [0.4, 0.5) is 0 Å². The quantitative estimate of drug-likeness (QED) is 0.353. The van der Waals surface area contributed by atoms with E-state index in [1.165, 1.54) is 0 Å². The largest absolute Gasteiger partial charge is 0.483 e. The molecular weight excluding hydrogens is 228 g/mol. The van der Waals surface area contributed by atoms with Crippen LogP contribution in [0.2, 0.25) is 0 Å². The molecule has 16 heavy (non-hydrogen) atoms. The lowest BCUT2D eigenvalue weighted by atomic mass is 10.2. The maximum atomic E-state index is 10.9. The van der Waals surface area contributed by atoms with Crippen LogP contribution in [-0.2, 0) is 4.79 Å². The van der Waals surface area contributed by atoms with Crippen LogP contribution in [0.15, 0.2) is 30.3 Å². The number of allylic oxidation sites excluding steroid dienone is 1. The third kappa shape index (κ3) is 3.92. The zero-order valence-corrected chi connectivity index (χ0v) is 9.41. The van der Waals surface area contributed by atoms with Crippen LogP contribution in [0, 0.1) is 0 Å². The summed E-state index contributed by atoms with van der Waals surface area (Å²) in [5, 5.41) is 0. The summed E-state index contributed by atoms with van der Waals surface area (Å²) in [6.45, 7) is -0.109. The van der Waals surface area contributed by atoms with E-state index in [0.29, 0.717) is 11.6 Å². The highest BCUT2D eigenvalue weighted by Gasteiger charge is 2.02. The van der Waals surface area contributed by atoms with E-state index in [9.17, 15) is 4.79 Å². The van der Waals surface area contributed by atoms with E-state index >= 15 is 0 Å². The second kappa shape index (κ2) is 6.87. The Balaban J connectivity index is 2.71. The summed E-state index contributed by atoms with van der Waals surface area (Å²) in [4.78, 5) is 10.9. The standard InChI is InChI=1S/C11H13ClN2O2/c12-7-3-5-9-4-1-2-6-10(9)16-8-11(15)14-13/h1-6H,7-8,13H2,(H,14,15). The Bertz CT molecular complexity index is 380. The van der Waals surface area contributed by atoms with E-state index < -0.39 is 0 Å². The number of hydrogen-bond donors (Lipinski definition) is 2. The second-order valence-corrected chi connectivity index (χ2v) is 3.26. The van der Waals surface area contributed by atoms with Gasteiger partial charge in [0, 0.05) is 11.4 Å². The lowest BCUT2D eigenvalue weighted by Crippen LogP contribution is -2.34. The van der Waals surface area contributed by atoms with Crippen molar-refractivity contribution in [3.05, 3.63) is 35.9 Å². The summed E-state index contributed by atoms with van der Waals surface area (Å²) in [7, 11) is 0. The Labute approximate surface area is 99.0 Å².